The predicted octanol–water partition coefficient (Wildman–Crippen LogP) is 3.04. The summed E-state index contributed by atoms with van der Waals surface area (Å²) in [6, 6.07) is 5.95. The van der Waals surface area contributed by atoms with E-state index in [1.54, 1.807) is 18.3 Å². The topological polar surface area (TPSA) is 32.9 Å². The summed E-state index contributed by atoms with van der Waals surface area (Å²) in [6.07, 6.45) is 3.12. The Morgan fingerprint density at radius 2 is 2.13 bits per heavy atom. The van der Waals surface area contributed by atoms with Crippen LogP contribution in [-0.4, -0.2) is 10.8 Å². The van der Waals surface area contributed by atoms with Gasteiger partial charge in [-0.15, -0.1) is 0 Å². The molecule has 2 aromatic rings. The molecule has 0 saturated heterocycles. The molecule has 15 heavy (non-hydrogen) atoms. The normalized spacial score (nSPS) is 10.3. The molecule has 0 spiro atoms. The number of H-pyrrole nitrogens is 1. The molecule has 1 N–H and O–H groups in total. The lowest BCUT2D eigenvalue weighted by Gasteiger charge is -2.01. The highest BCUT2D eigenvalue weighted by atomic mass is 35.5. The average Bonchev–Trinajstić information content (AvgIpc) is 2.74. The highest BCUT2D eigenvalue weighted by molar-refractivity contribution is 6.31. The van der Waals surface area contributed by atoms with Gasteiger partial charge < -0.3 is 4.98 Å². The van der Waals surface area contributed by atoms with Crippen molar-refractivity contribution in [2.24, 2.45) is 0 Å². The third kappa shape index (κ3) is 1.78. The molecule has 0 saturated carbocycles. The fraction of sp³-hybridized carbons (Fsp3) is 0. The molecule has 2 rings (SSSR count). The van der Waals surface area contributed by atoms with Crippen LogP contribution in [0.1, 0.15) is 15.9 Å². The standard InChI is InChI=1S/C11H7ClFNO/c12-9-3-1-2-8(10(9)13)11(15)7-4-5-14-6-7/h1-6,14H. The maximum Gasteiger partial charge on any atom is 0.197 e. The predicted molar refractivity (Wildman–Crippen MR) is 55.6 cm³/mol. The molecule has 1 heterocycles. The number of benzene rings is 1. The molecule has 0 radical (unpaired) electrons. The first-order valence-electron chi connectivity index (χ1n) is 4.31. The molecule has 0 aliphatic carbocycles. The Balaban J connectivity index is 2.47. The fourth-order valence-electron chi connectivity index (χ4n) is 1.30. The minimum Gasteiger partial charge on any atom is -0.367 e. The number of hydrogen-bond donors (Lipinski definition) is 1. The summed E-state index contributed by atoms with van der Waals surface area (Å²) >= 11 is 5.58. The van der Waals surface area contributed by atoms with Crippen LogP contribution in [0.25, 0.3) is 0 Å². The van der Waals surface area contributed by atoms with Gasteiger partial charge in [0.05, 0.1) is 10.6 Å². The molecule has 0 fully saturated rings. The van der Waals surface area contributed by atoms with Crippen molar-refractivity contribution in [3.05, 3.63) is 58.6 Å². The van der Waals surface area contributed by atoms with E-state index in [0.29, 0.717) is 5.56 Å². The van der Waals surface area contributed by atoms with Gasteiger partial charge >= 0.3 is 0 Å². The van der Waals surface area contributed by atoms with Crippen LogP contribution in [0, 0.1) is 5.82 Å². The minimum atomic E-state index is -0.676. The fourth-order valence-corrected chi connectivity index (χ4v) is 1.47. The van der Waals surface area contributed by atoms with Crippen LogP contribution in [0.5, 0.6) is 0 Å². The van der Waals surface area contributed by atoms with Gasteiger partial charge in [-0.2, -0.15) is 0 Å². The first-order chi connectivity index (χ1) is 7.20. The van der Waals surface area contributed by atoms with Crippen molar-refractivity contribution in [2.75, 3.05) is 0 Å². The first kappa shape index (κ1) is 9.93. The van der Waals surface area contributed by atoms with E-state index < -0.39 is 5.82 Å². The number of aromatic nitrogens is 1. The van der Waals surface area contributed by atoms with E-state index in [4.69, 9.17) is 11.6 Å². The summed E-state index contributed by atoms with van der Waals surface area (Å²) < 4.78 is 13.5. The van der Waals surface area contributed by atoms with Gasteiger partial charge in [-0.3, -0.25) is 4.79 Å². The lowest BCUT2D eigenvalue weighted by molar-refractivity contribution is 0.103. The second kappa shape index (κ2) is 3.87. The van der Waals surface area contributed by atoms with E-state index >= 15 is 0 Å². The maximum absolute atomic E-state index is 13.5. The molecule has 0 aliphatic heterocycles. The summed E-state index contributed by atoms with van der Waals surface area (Å²) in [5.74, 6) is -1.05. The smallest absolute Gasteiger partial charge is 0.197 e. The van der Waals surface area contributed by atoms with Crippen LogP contribution in [0.15, 0.2) is 36.7 Å². The molecule has 0 bridgehead atoms. The molecule has 0 atom stereocenters. The monoisotopic (exact) mass is 223 g/mol. The summed E-state index contributed by atoms with van der Waals surface area (Å²) in [4.78, 5) is 14.5. The molecule has 4 heteroatoms. The summed E-state index contributed by atoms with van der Waals surface area (Å²) in [5, 5.41) is -0.0450. The van der Waals surface area contributed by atoms with Crippen LogP contribution in [0.3, 0.4) is 0 Å². The van der Waals surface area contributed by atoms with Crippen molar-refractivity contribution >= 4 is 17.4 Å². The largest absolute Gasteiger partial charge is 0.367 e. The Labute approximate surface area is 90.7 Å². The second-order valence-electron chi connectivity index (χ2n) is 3.03. The van der Waals surface area contributed by atoms with Crippen LogP contribution in [0.2, 0.25) is 5.02 Å². The molecule has 0 unspecified atom stereocenters. The van der Waals surface area contributed by atoms with Crippen molar-refractivity contribution in [3.8, 4) is 0 Å². The number of halogens is 2. The Hall–Kier alpha value is -1.61. The summed E-state index contributed by atoms with van der Waals surface area (Å²) in [7, 11) is 0. The van der Waals surface area contributed by atoms with Crippen LogP contribution in [-0.2, 0) is 0 Å². The Bertz CT molecular complexity index is 493. The van der Waals surface area contributed by atoms with Gasteiger partial charge in [0.2, 0.25) is 0 Å². The SMILES string of the molecule is O=C(c1cc[nH]c1)c1cccc(Cl)c1F. The molecule has 1 aromatic heterocycles. The number of aromatic amines is 1. The van der Waals surface area contributed by atoms with Crippen LogP contribution < -0.4 is 0 Å². The van der Waals surface area contributed by atoms with Crippen molar-refractivity contribution in [1.29, 1.82) is 0 Å². The van der Waals surface area contributed by atoms with E-state index in [0.717, 1.165) is 0 Å². The highest BCUT2D eigenvalue weighted by Crippen LogP contribution is 2.20. The van der Waals surface area contributed by atoms with E-state index in [1.165, 1.54) is 18.3 Å². The van der Waals surface area contributed by atoms with E-state index in [-0.39, 0.29) is 16.4 Å². The Kier molecular flexibility index (Phi) is 2.56. The van der Waals surface area contributed by atoms with Gasteiger partial charge in [0.1, 0.15) is 0 Å². The van der Waals surface area contributed by atoms with Gasteiger partial charge in [-0.25, -0.2) is 4.39 Å². The third-order valence-electron chi connectivity index (χ3n) is 2.06. The number of carbonyl (C=O) groups excluding carboxylic acids is 1. The van der Waals surface area contributed by atoms with E-state index in [9.17, 15) is 9.18 Å². The summed E-state index contributed by atoms with van der Waals surface area (Å²) in [5.41, 5.74) is 0.401. The first-order valence-corrected chi connectivity index (χ1v) is 4.69. The lowest BCUT2D eigenvalue weighted by atomic mass is 10.1. The van der Waals surface area contributed by atoms with Gasteiger partial charge in [0.15, 0.2) is 11.6 Å². The summed E-state index contributed by atoms with van der Waals surface area (Å²) in [6.45, 7) is 0. The highest BCUT2D eigenvalue weighted by Gasteiger charge is 2.15. The maximum atomic E-state index is 13.5. The van der Waals surface area contributed by atoms with Crippen molar-refractivity contribution in [3.63, 3.8) is 0 Å². The van der Waals surface area contributed by atoms with Crippen molar-refractivity contribution < 1.29 is 9.18 Å². The number of hydrogen-bond acceptors (Lipinski definition) is 1. The quantitative estimate of drug-likeness (QED) is 0.780. The number of rotatable bonds is 2. The molecule has 76 valence electrons. The van der Waals surface area contributed by atoms with Crippen LogP contribution in [0.4, 0.5) is 4.39 Å². The van der Waals surface area contributed by atoms with Gasteiger partial charge in [0, 0.05) is 18.0 Å². The Morgan fingerprint density at radius 3 is 2.80 bits per heavy atom. The van der Waals surface area contributed by atoms with E-state index in [2.05, 4.69) is 4.98 Å². The van der Waals surface area contributed by atoms with E-state index in [1.807, 2.05) is 0 Å². The molecule has 1 aromatic carbocycles. The molecule has 0 aliphatic rings. The zero-order valence-electron chi connectivity index (χ0n) is 7.63. The number of nitrogens with one attached hydrogen (secondary N) is 1. The molecule has 2 nitrogen and oxygen atoms in total. The third-order valence-corrected chi connectivity index (χ3v) is 2.35. The number of carbonyl (C=O) groups is 1. The van der Waals surface area contributed by atoms with Crippen molar-refractivity contribution in [2.45, 2.75) is 0 Å². The van der Waals surface area contributed by atoms with Gasteiger partial charge in [-0.05, 0) is 18.2 Å². The lowest BCUT2D eigenvalue weighted by Crippen LogP contribution is -2.03. The minimum absolute atomic E-state index is 0.0119. The Morgan fingerprint density at radius 1 is 1.33 bits per heavy atom. The van der Waals surface area contributed by atoms with Crippen molar-refractivity contribution in [1.82, 2.24) is 4.98 Å². The zero-order chi connectivity index (χ0) is 10.8. The molecular formula is C11H7ClFNO. The van der Waals surface area contributed by atoms with Gasteiger partial charge in [-0.1, -0.05) is 17.7 Å². The van der Waals surface area contributed by atoms with Gasteiger partial charge in [0.25, 0.3) is 0 Å². The second-order valence-corrected chi connectivity index (χ2v) is 3.44. The average molecular weight is 224 g/mol. The number of ketones is 1. The van der Waals surface area contributed by atoms with Crippen LogP contribution >= 0.6 is 11.6 Å². The molecule has 0 amide bonds. The molecular weight excluding hydrogens is 217 g/mol. The zero-order valence-corrected chi connectivity index (χ0v) is 8.38.